The average molecular weight is 277 g/mol. The highest BCUT2D eigenvalue weighted by molar-refractivity contribution is 5.42. The zero-order valence-electron chi connectivity index (χ0n) is 11.7. The molecule has 2 rings (SSSR count). The molecule has 6 heteroatoms. The van der Waals surface area contributed by atoms with Crippen molar-refractivity contribution in [2.45, 2.75) is 27.0 Å². The van der Waals surface area contributed by atoms with Gasteiger partial charge in [0.2, 0.25) is 0 Å². The molecule has 2 heterocycles. The monoisotopic (exact) mass is 277 g/mol. The molecule has 0 fully saturated rings. The molecule has 0 saturated heterocycles. The number of hydrogen-bond donors (Lipinski definition) is 1. The Balaban J connectivity index is 2.19. The van der Waals surface area contributed by atoms with Crippen LogP contribution in [0.3, 0.4) is 0 Å². The van der Waals surface area contributed by atoms with Crippen LogP contribution in [0.25, 0.3) is 0 Å². The Bertz CT molecular complexity index is 614. The van der Waals surface area contributed by atoms with Crippen LogP contribution >= 0.6 is 0 Å². The summed E-state index contributed by atoms with van der Waals surface area (Å²) < 4.78 is 6.69. The smallest absolute Gasteiger partial charge is 0.269 e. The molecule has 0 amide bonds. The summed E-state index contributed by atoms with van der Waals surface area (Å²) in [4.78, 5) is 14.1. The Labute approximate surface area is 117 Å². The van der Waals surface area contributed by atoms with Crippen LogP contribution in [-0.2, 0) is 13.2 Å². The first-order valence-corrected chi connectivity index (χ1v) is 6.68. The van der Waals surface area contributed by atoms with Gasteiger partial charge in [0.05, 0.1) is 11.9 Å². The molecule has 0 bridgehead atoms. The van der Waals surface area contributed by atoms with E-state index in [-0.39, 0.29) is 18.7 Å². The minimum atomic E-state index is -0.170. The van der Waals surface area contributed by atoms with Gasteiger partial charge < -0.3 is 14.4 Å². The Kier molecular flexibility index (Phi) is 4.57. The predicted molar refractivity (Wildman–Crippen MR) is 75.8 cm³/mol. The predicted octanol–water partition coefficient (Wildman–Crippen LogP) is 1.22. The quantitative estimate of drug-likeness (QED) is 0.859. The number of aliphatic hydroxyl groups is 1. The van der Waals surface area contributed by atoms with Crippen molar-refractivity contribution in [3.8, 4) is 0 Å². The van der Waals surface area contributed by atoms with Gasteiger partial charge in [0.15, 0.2) is 0 Å². The summed E-state index contributed by atoms with van der Waals surface area (Å²) in [5.74, 6) is 1.08. The number of nitrogens with zero attached hydrogens (tertiary/aromatic N) is 3. The van der Waals surface area contributed by atoms with Gasteiger partial charge in [-0.15, -0.1) is 0 Å². The van der Waals surface area contributed by atoms with Crippen molar-refractivity contribution in [2.75, 3.05) is 18.0 Å². The third-order valence-electron chi connectivity index (χ3n) is 3.16. The maximum Gasteiger partial charge on any atom is 0.269 e. The molecule has 0 atom stereocenters. The van der Waals surface area contributed by atoms with E-state index in [1.807, 2.05) is 13.8 Å². The molecular weight excluding hydrogens is 258 g/mol. The molecule has 0 radical (unpaired) electrons. The van der Waals surface area contributed by atoms with Gasteiger partial charge in [-0.1, -0.05) is 0 Å². The lowest BCUT2D eigenvalue weighted by atomic mass is 10.3. The molecule has 0 aliphatic rings. The highest BCUT2D eigenvalue weighted by atomic mass is 16.4. The van der Waals surface area contributed by atoms with Gasteiger partial charge >= 0.3 is 0 Å². The van der Waals surface area contributed by atoms with E-state index in [1.165, 1.54) is 4.68 Å². The maximum atomic E-state index is 12.0. The molecule has 2 aromatic rings. The van der Waals surface area contributed by atoms with Crippen LogP contribution in [0.2, 0.25) is 0 Å². The normalized spacial score (nSPS) is 10.8. The van der Waals surface area contributed by atoms with Gasteiger partial charge in [0, 0.05) is 19.2 Å². The third-order valence-corrected chi connectivity index (χ3v) is 3.16. The molecular formula is C14H19N3O3. The minimum absolute atomic E-state index is 0.150. The summed E-state index contributed by atoms with van der Waals surface area (Å²) in [5.41, 5.74) is 0.656. The molecule has 0 saturated carbocycles. The van der Waals surface area contributed by atoms with Gasteiger partial charge in [0.1, 0.15) is 24.7 Å². The zero-order valence-corrected chi connectivity index (χ0v) is 11.7. The third kappa shape index (κ3) is 3.08. The van der Waals surface area contributed by atoms with Gasteiger partial charge in [-0.2, -0.15) is 5.10 Å². The van der Waals surface area contributed by atoms with Crippen molar-refractivity contribution < 1.29 is 9.52 Å². The second-order valence-electron chi connectivity index (χ2n) is 4.41. The Morgan fingerprint density at radius 2 is 2.00 bits per heavy atom. The van der Waals surface area contributed by atoms with Gasteiger partial charge in [-0.25, -0.2) is 4.68 Å². The van der Waals surface area contributed by atoms with E-state index in [1.54, 1.807) is 24.4 Å². The van der Waals surface area contributed by atoms with Crippen LogP contribution in [0.5, 0.6) is 0 Å². The van der Waals surface area contributed by atoms with E-state index in [2.05, 4.69) is 10.00 Å². The second-order valence-corrected chi connectivity index (χ2v) is 4.41. The van der Waals surface area contributed by atoms with E-state index in [9.17, 15) is 4.79 Å². The fourth-order valence-electron chi connectivity index (χ4n) is 2.04. The summed E-state index contributed by atoms with van der Waals surface area (Å²) in [7, 11) is 0. The highest BCUT2D eigenvalue weighted by Crippen LogP contribution is 2.10. The number of rotatable bonds is 6. The Morgan fingerprint density at radius 1 is 1.30 bits per heavy atom. The Morgan fingerprint density at radius 3 is 2.55 bits per heavy atom. The molecule has 0 aliphatic carbocycles. The molecule has 0 aromatic carbocycles. The standard InChI is InChI=1S/C14H19N3O3/c1-3-16(4-2)11-7-14(19)17(15-8-11)9-12-5-6-13(10-18)20-12/h5-8,18H,3-4,9-10H2,1-2H3. The minimum Gasteiger partial charge on any atom is -0.462 e. The fourth-order valence-corrected chi connectivity index (χ4v) is 2.04. The van der Waals surface area contributed by atoms with Crippen LogP contribution in [0.15, 0.2) is 33.6 Å². The molecule has 0 spiro atoms. The summed E-state index contributed by atoms with van der Waals surface area (Å²) in [5, 5.41) is 13.1. The van der Waals surface area contributed by atoms with E-state index >= 15 is 0 Å². The molecule has 6 nitrogen and oxygen atoms in total. The lowest BCUT2D eigenvalue weighted by Crippen LogP contribution is -2.28. The molecule has 1 N–H and O–H groups in total. The zero-order chi connectivity index (χ0) is 14.5. The molecule has 20 heavy (non-hydrogen) atoms. The van der Waals surface area contributed by atoms with Crippen molar-refractivity contribution >= 4 is 5.69 Å². The lowest BCUT2D eigenvalue weighted by Gasteiger charge is -2.20. The number of anilines is 1. The van der Waals surface area contributed by atoms with E-state index in [0.29, 0.717) is 11.5 Å². The summed E-state index contributed by atoms with van der Waals surface area (Å²) in [6.45, 7) is 5.85. The summed E-state index contributed by atoms with van der Waals surface area (Å²) in [6.07, 6.45) is 1.68. The van der Waals surface area contributed by atoms with Gasteiger partial charge in [0.25, 0.3) is 5.56 Å². The maximum absolute atomic E-state index is 12.0. The van der Waals surface area contributed by atoms with Crippen molar-refractivity contribution in [1.29, 1.82) is 0 Å². The molecule has 2 aromatic heterocycles. The second kappa shape index (κ2) is 6.38. The molecule has 0 aliphatic heterocycles. The van der Waals surface area contributed by atoms with E-state index < -0.39 is 0 Å². The topological polar surface area (TPSA) is 71.5 Å². The average Bonchev–Trinajstić information content (AvgIpc) is 2.91. The number of furan rings is 1. The Hall–Kier alpha value is -2.08. The summed E-state index contributed by atoms with van der Waals surface area (Å²) >= 11 is 0. The molecule has 108 valence electrons. The van der Waals surface area contributed by atoms with E-state index in [0.717, 1.165) is 18.8 Å². The largest absolute Gasteiger partial charge is 0.462 e. The van der Waals surface area contributed by atoms with E-state index in [4.69, 9.17) is 9.52 Å². The highest BCUT2D eigenvalue weighted by Gasteiger charge is 2.08. The first-order valence-electron chi connectivity index (χ1n) is 6.68. The molecule has 0 unspecified atom stereocenters. The SMILES string of the molecule is CCN(CC)c1cnn(Cc2ccc(CO)o2)c(=O)c1. The van der Waals surface area contributed by atoms with Gasteiger partial charge in [-0.3, -0.25) is 4.79 Å². The number of aliphatic hydroxyl groups excluding tert-OH is 1. The van der Waals surface area contributed by atoms with Crippen molar-refractivity contribution in [1.82, 2.24) is 9.78 Å². The van der Waals surface area contributed by atoms with Crippen molar-refractivity contribution in [3.05, 3.63) is 46.3 Å². The first-order chi connectivity index (χ1) is 9.67. The lowest BCUT2D eigenvalue weighted by molar-refractivity contribution is 0.242. The fraction of sp³-hybridized carbons (Fsp3) is 0.429. The van der Waals surface area contributed by atoms with Crippen LogP contribution in [0.4, 0.5) is 5.69 Å². The van der Waals surface area contributed by atoms with Crippen molar-refractivity contribution in [3.63, 3.8) is 0 Å². The summed E-state index contributed by atoms with van der Waals surface area (Å²) in [6, 6.07) is 5.00. The van der Waals surface area contributed by atoms with Crippen LogP contribution in [0, 0.1) is 0 Å². The number of hydrogen-bond acceptors (Lipinski definition) is 5. The van der Waals surface area contributed by atoms with Crippen LogP contribution < -0.4 is 10.5 Å². The number of aromatic nitrogens is 2. The van der Waals surface area contributed by atoms with Crippen LogP contribution in [-0.4, -0.2) is 28.0 Å². The van der Waals surface area contributed by atoms with Crippen molar-refractivity contribution in [2.24, 2.45) is 0 Å². The van der Waals surface area contributed by atoms with Gasteiger partial charge in [-0.05, 0) is 26.0 Å². The van der Waals surface area contributed by atoms with Crippen LogP contribution in [0.1, 0.15) is 25.4 Å². The first kappa shape index (κ1) is 14.3.